The molecule has 3 aliphatic rings. The topological polar surface area (TPSA) is 160 Å². The first-order chi connectivity index (χ1) is 21.0. The Bertz CT molecular complexity index is 1710. The number of carboxylic acid groups (broad SMARTS) is 1. The average molecular weight is 618 g/mol. The number of hydrogen-bond acceptors (Lipinski definition) is 10. The summed E-state index contributed by atoms with van der Waals surface area (Å²) in [4.78, 5) is 38.9. The van der Waals surface area contributed by atoms with Crippen molar-refractivity contribution in [1.82, 2.24) is 4.57 Å². The number of pyridine rings is 1. The largest absolute Gasteiger partial charge is 0.511 e. The number of aliphatic hydroxyl groups excluding tert-OH is 1. The third-order valence-corrected chi connectivity index (χ3v) is 7.96. The third-order valence-electron chi connectivity index (χ3n) is 7.96. The number of anilines is 2. The third kappa shape index (κ3) is 5.32. The van der Waals surface area contributed by atoms with Gasteiger partial charge < -0.3 is 43.7 Å². The van der Waals surface area contributed by atoms with Crippen LogP contribution in [0.3, 0.4) is 0 Å². The van der Waals surface area contributed by atoms with Crippen molar-refractivity contribution in [2.45, 2.75) is 37.0 Å². The fraction of sp³-hybridized carbons (Fsp3) is 0.414. The summed E-state index contributed by atoms with van der Waals surface area (Å²) in [5.41, 5.74) is -1.83. The summed E-state index contributed by atoms with van der Waals surface area (Å²) in [5.74, 6) is -2.19. The quantitative estimate of drug-likeness (QED) is 0.303. The molecular weight excluding hydrogens is 588 g/mol. The number of aromatic nitrogens is 1. The highest BCUT2D eigenvalue weighted by Gasteiger charge is 2.40. The first-order valence-electron chi connectivity index (χ1n) is 13.9. The molecule has 3 aromatic rings. The maximum absolute atomic E-state index is 15.7. The van der Waals surface area contributed by atoms with Gasteiger partial charge in [-0.2, -0.15) is 0 Å². The summed E-state index contributed by atoms with van der Waals surface area (Å²) in [5, 5.41) is 29.5. The highest BCUT2D eigenvalue weighted by atomic mass is 19.1. The van der Waals surface area contributed by atoms with Crippen molar-refractivity contribution in [3.63, 3.8) is 0 Å². The molecule has 0 spiro atoms. The van der Waals surface area contributed by atoms with Crippen molar-refractivity contribution in [1.29, 1.82) is 0 Å². The minimum atomic E-state index is -1.67. The number of ether oxygens (including phenoxy) is 4. The van der Waals surface area contributed by atoms with Crippen LogP contribution < -0.4 is 29.4 Å². The van der Waals surface area contributed by atoms with Gasteiger partial charge in [0.05, 0.1) is 49.6 Å². The molecule has 0 radical (unpaired) electrons. The van der Waals surface area contributed by atoms with Gasteiger partial charge in [-0.1, -0.05) is 0 Å². The Labute approximate surface area is 248 Å². The van der Waals surface area contributed by atoms with Crippen LogP contribution in [-0.4, -0.2) is 83.8 Å². The molecule has 1 saturated carbocycles. The molecule has 2 aliphatic heterocycles. The number of methoxy groups -OCH3 is 1. The normalized spacial score (nSPS) is 21.6. The second kappa shape index (κ2) is 11.1. The lowest BCUT2D eigenvalue weighted by Gasteiger charge is -2.27. The first kappa shape index (κ1) is 29.4. The second-order valence-corrected chi connectivity index (χ2v) is 11.1. The Morgan fingerprint density at radius 2 is 1.93 bits per heavy atom. The monoisotopic (exact) mass is 617 g/mol. The van der Waals surface area contributed by atoms with E-state index in [0.717, 1.165) is 25.0 Å². The second-order valence-electron chi connectivity index (χ2n) is 11.1. The van der Waals surface area contributed by atoms with Crippen LogP contribution >= 0.6 is 0 Å². The number of hydrogen-bond donors (Lipinski definition) is 3. The molecule has 6 rings (SSSR count). The van der Waals surface area contributed by atoms with Crippen molar-refractivity contribution in [2.24, 2.45) is 0 Å². The maximum Gasteiger partial charge on any atom is 0.511 e. The summed E-state index contributed by atoms with van der Waals surface area (Å²) in [6, 6.07) is 4.78. The zero-order valence-electron chi connectivity index (χ0n) is 23.5. The molecule has 3 heterocycles. The van der Waals surface area contributed by atoms with E-state index in [1.54, 1.807) is 9.47 Å². The van der Waals surface area contributed by atoms with Crippen molar-refractivity contribution < 1.29 is 52.6 Å². The smallest absolute Gasteiger partial charge is 0.492 e. The van der Waals surface area contributed by atoms with Crippen molar-refractivity contribution >= 4 is 34.5 Å². The van der Waals surface area contributed by atoms with Gasteiger partial charge in [0, 0.05) is 18.7 Å². The summed E-state index contributed by atoms with van der Waals surface area (Å²) < 4.78 is 53.1. The van der Waals surface area contributed by atoms with E-state index in [0.29, 0.717) is 0 Å². The molecule has 3 N–H and O–H groups in total. The van der Waals surface area contributed by atoms with Gasteiger partial charge in [0.2, 0.25) is 5.43 Å². The van der Waals surface area contributed by atoms with Gasteiger partial charge in [0.25, 0.3) is 0 Å². The van der Waals surface area contributed by atoms with E-state index in [1.165, 1.54) is 30.3 Å². The molecule has 3 fully saturated rings. The Morgan fingerprint density at radius 1 is 1.16 bits per heavy atom. The standard InChI is InChI=1S/C29H29F2N3O10/c1-41-26-23-18(25(36)22(44-28(38)39)11-33(23)15-2-3-15)9-20(31)24(26)32-7-6-29(40,13-32)14-42-21-5-4-16(8-19(21)30)34-10-17(12-35)43-27(34)37/h4-5,8-9,11,15,17,35,40H,2-3,6-7,10,12-14H2,1H3,(H,38,39)/t17-,29+/m1/s1. The number of carbonyl (C=O) groups is 2. The molecule has 0 unspecified atom stereocenters. The Morgan fingerprint density at radius 3 is 2.57 bits per heavy atom. The van der Waals surface area contributed by atoms with Crippen molar-refractivity contribution in [3.05, 3.63) is 52.3 Å². The Balaban J connectivity index is 1.24. The minimum absolute atomic E-state index is 0.00541. The number of amides is 1. The van der Waals surface area contributed by atoms with E-state index >= 15 is 4.39 Å². The average Bonchev–Trinajstić information content (AvgIpc) is 3.66. The minimum Gasteiger partial charge on any atom is -0.492 e. The molecule has 1 aromatic heterocycles. The van der Waals surface area contributed by atoms with Crippen LogP contribution in [0.5, 0.6) is 17.2 Å². The van der Waals surface area contributed by atoms with Crippen LogP contribution in [0.4, 0.5) is 29.7 Å². The van der Waals surface area contributed by atoms with Crippen molar-refractivity contribution in [3.8, 4) is 17.2 Å². The number of nitrogens with zero attached hydrogens (tertiary/aromatic N) is 3. The predicted octanol–water partition coefficient (Wildman–Crippen LogP) is 3.02. The van der Waals surface area contributed by atoms with Crippen LogP contribution in [0.1, 0.15) is 25.3 Å². The lowest BCUT2D eigenvalue weighted by Crippen LogP contribution is -2.39. The lowest BCUT2D eigenvalue weighted by atomic mass is 10.1. The number of cyclic esters (lactones) is 1. The predicted molar refractivity (Wildman–Crippen MR) is 150 cm³/mol. The summed E-state index contributed by atoms with van der Waals surface area (Å²) in [6.45, 7) is -0.566. The summed E-state index contributed by atoms with van der Waals surface area (Å²) in [7, 11) is 1.32. The molecule has 2 atom stereocenters. The summed E-state index contributed by atoms with van der Waals surface area (Å²) >= 11 is 0. The van der Waals surface area contributed by atoms with Crippen LogP contribution in [0.2, 0.25) is 0 Å². The number of rotatable bonds is 9. The molecule has 2 saturated heterocycles. The van der Waals surface area contributed by atoms with Gasteiger partial charge in [0.1, 0.15) is 24.0 Å². The molecule has 44 heavy (non-hydrogen) atoms. The SMILES string of the molecule is COc1c(N2CC[C@@](O)(COc3ccc(N4C[C@H](CO)OC4=O)cc3F)C2)c(F)cc2c(=O)c(OC(=O)O)cn(C3CC3)c12. The zero-order chi connectivity index (χ0) is 31.3. The van der Waals surface area contributed by atoms with E-state index in [4.69, 9.17) is 19.3 Å². The Hall–Kier alpha value is -4.63. The van der Waals surface area contributed by atoms with Crippen LogP contribution in [0, 0.1) is 11.6 Å². The van der Waals surface area contributed by atoms with Crippen LogP contribution in [0.25, 0.3) is 10.9 Å². The molecule has 1 amide bonds. The van der Waals surface area contributed by atoms with Gasteiger partial charge in [-0.15, -0.1) is 0 Å². The molecule has 1 aliphatic carbocycles. The van der Waals surface area contributed by atoms with Gasteiger partial charge in [-0.05, 0) is 37.5 Å². The molecule has 234 valence electrons. The van der Waals surface area contributed by atoms with Gasteiger partial charge in [-0.3, -0.25) is 9.69 Å². The number of carbonyl (C=O) groups excluding carboxylic acids is 1. The van der Waals surface area contributed by atoms with Gasteiger partial charge >= 0.3 is 12.2 Å². The highest BCUT2D eigenvalue weighted by molar-refractivity contribution is 5.93. The molecular formula is C29H29F2N3O10. The zero-order valence-corrected chi connectivity index (χ0v) is 23.5. The lowest BCUT2D eigenvalue weighted by molar-refractivity contribution is 0.0133. The fourth-order valence-corrected chi connectivity index (χ4v) is 5.69. The van der Waals surface area contributed by atoms with Crippen LogP contribution in [-0.2, 0) is 4.74 Å². The molecule has 0 bridgehead atoms. The van der Waals surface area contributed by atoms with E-state index in [-0.39, 0.29) is 79.1 Å². The maximum atomic E-state index is 15.7. The van der Waals surface area contributed by atoms with Crippen LogP contribution in [0.15, 0.2) is 35.3 Å². The van der Waals surface area contributed by atoms with E-state index in [9.17, 15) is 29.0 Å². The number of benzene rings is 2. The highest BCUT2D eigenvalue weighted by Crippen LogP contribution is 2.45. The molecule has 2 aromatic carbocycles. The van der Waals surface area contributed by atoms with E-state index in [1.807, 2.05) is 0 Å². The molecule has 15 heteroatoms. The first-order valence-corrected chi connectivity index (χ1v) is 13.9. The fourth-order valence-electron chi connectivity index (χ4n) is 5.69. The molecule has 13 nitrogen and oxygen atoms in total. The van der Waals surface area contributed by atoms with Crippen molar-refractivity contribution in [2.75, 3.05) is 49.8 Å². The number of fused-ring (bicyclic) bond motifs is 1. The summed E-state index contributed by atoms with van der Waals surface area (Å²) in [6.07, 6.45) is -0.167. The number of β-amino-alcohol motifs (C(OH)–C–C–N with tert-alkyl or cyclic N) is 1. The number of aliphatic hydroxyl groups is 2. The van der Waals surface area contributed by atoms with E-state index in [2.05, 4.69) is 4.74 Å². The van der Waals surface area contributed by atoms with Gasteiger partial charge in [0.15, 0.2) is 28.9 Å². The Kier molecular flexibility index (Phi) is 7.45. The van der Waals surface area contributed by atoms with E-state index < -0.39 is 46.8 Å². The number of halogens is 2. The van der Waals surface area contributed by atoms with Gasteiger partial charge in [-0.25, -0.2) is 18.4 Å².